The van der Waals surface area contributed by atoms with Crippen molar-refractivity contribution in [2.45, 2.75) is 51.1 Å². The molecule has 2 rings (SSSR count). The average Bonchev–Trinajstić information content (AvgIpc) is 2.09. The first-order valence-corrected chi connectivity index (χ1v) is 5.59. The van der Waals surface area contributed by atoms with Gasteiger partial charge in [0.05, 0.1) is 5.66 Å². The Hall–Kier alpha value is -0.0800. The van der Waals surface area contributed by atoms with Crippen LogP contribution in [0.4, 0.5) is 0 Å². The highest BCUT2D eigenvalue weighted by molar-refractivity contribution is 5.03. The molecule has 1 saturated carbocycles. The van der Waals surface area contributed by atoms with Gasteiger partial charge in [-0.3, -0.25) is 4.90 Å². The van der Waals surface area contributed by atoms with E-state index in [2.05, 4.69) is 18.9 Å². The van der Waals surface area contributed by atoms with Crippen molar-refractivity contribution in [2.24, 2.45) is 11.1 Å². The highest BCUT2D eigenvalue weighted by Gasteiger charge is 2.50. The molecule has 1 aliphatic heterocycles. The highest BCUT2D eigenvalue weighted by Crippen LogP contribution is 2.49. The van der Waals surface area contributed by atoms with E-state index >= 15 is 0 Å². The fourth-order valence-corrected chi connectivity index (χ4v) is 3.33. The van der Waals surface area contributed by atoms with E-state index in [9.17, 15) is 0 Å². The van der Waals surface area contributed by atoms with Crippen LogP contribution in [0.2, 0.25) is 0 Å². The van der Waals surface area contributed by atoms with Crippen molar-refractivity contribution < 1.29 is 0 Å². The van der Waals surface area contributed by atoms with Crippen molar-refractivity contribution in [2.75, 3.05) is 13.6 Å². The van der Waals surface area contributed by atoms with E-state index < -0.39 is 0 Å². The maximum absolute atomic E-state index is 6.57. The fraction of sp³-hybridized carbons (Fsp3) is 1.00. The van der Waals surface area contributed by atoms with Crippen LogP contribution in [0, 0.1) is 5.41 Å². The Kier molecular flexibility index (Phi) is 2.16. The van der Waals surface area contributed by atoms with Crippen LogP contribution in [0.15, 0.2) is 0 Å². The zero-order valence-electron chi connectivity index (χ0n) is 8.97. The molecule has 0 radical (unpaired) electrons. The number of hydrogen-bond donors (Lipinski definition) is 1. The number of fused-ring (bicyclic) bond motifs is 1. The first-order chi connectivity index (χ1) is 6.08. The first-order valence-electron chi connectivity index (χ1n) is 5.59. The SMILES string of the molecule is CN1CCCC2(C)CCCCC12N. The molecule has 0 bridgehead atoms. The summed E-state index contributed by atoms with van der Waals surface area (Å²) in [5.74, 6) is 0. The van der Waals surface area contributed by atoms with E-state index in [1.54, 1.807) is 0 Å². The van der Waals surface area contributed by atoms with Crippen LogP contribution in [-0.2, 0) is 0 Å². The van der Waals surface area contributed by atoms with Gasteiger partial charge in [0.1, 0.15) is 0 Å². The minimum atomic E-state index is 0.00347. The lowest BCUT2D eigenvalue weighted by Crippen LogP contribution is -2.68. The summed E-state index contributed by atoms with van der Waals surface area (Å²) in [6.45, 7) is 3.58. The van der Waals surface area contributed by atoms with E-state index in [-0.39, 0.29) is 5.66 Å². The quantitative estimate of drug-likeness (QED) is 0.620. The number of hydrogen-bond acceptors (Lipinski definition) is 2. The highest BCUT2D eigenvalue weighted by atomic mass is 15.3. The first kappa shape index (κ1) is 9.47. The molecule has 2 unspecified atom stereocenters. The van der Waals surface area contributed by atoms with Crippen molar-refractivity contribution in [3.63, 3.8) is 0 Å². The molecule has 13 heavy (non-hydrogen) atoms. The molecule has 1 aliphatic carbocycles. The third-order valence-corrected chi connectivity index (χ3v) is 4.48. The average molecular weight is 182 g/mol. The Morgan fingerprint density at radius 1 is 1.08 bits per heavy atom. The van der Waals surface area contributed by atoms with Gasteiger partial charge in [-0.15, -0.1) is 0 Å². The van der Waals surface area contributed by atoms with Crippen molar-refractivity contribution in [3.8, 4) is 0 Å². The zero-order chi connectivity index (χ0) is 9.53. The molecule has 0 aromatic heterocycles. The fourth-order valence-electron chi connectivity index (χ4n) is 3.33. The Labute approximate surface area is 81.5 Å². The molecule has 2 N–H and O–H groups in total. The van der Waals surface area contributed by atoms with Crippen LogP contribution in [0.3, 0.4) is 0 Å². The number of nitrogens with two attached hydrogens (primary N) is 1. The predicted molar refractivity (Wildman–Crippen MR) is 55.4 cm³/mol. The van der Waals surface area contributed by atoms with Gasteiger partial charge in [-0.25, -0.2) is 0 Å². The molecule has 0 spiro atoms. The summed E-state index contributed by atoms with van der Waals surface area (Å²) in [4.78, 5) is 2.40. The third kappa shape index (κ3) is 1.23. The van der Waals surface area contributed by atoms with E-state index in [4.69, 9.17) is 5.73 Å². The van der Waals surface area contributed by atoms with Crippen LogP contribution < -0.4 is 5.73 Å². The lowest BCUT2D eigenvalue weighted by atomic mass is 9.62. The van der Waals surface area contributed by atoms with Gasteiger partial charge < -0.3 is 5.73 Å². The van der Waals surface area contributed by atoms with Gasteiger partial charge in [-0.1, -0.05) is 19.8 Å². The number of nitrogens with zero attached hydrogens (tertiary/aromatic N) is 1. The molecule has 76 valence electrons. The molecular weight excluding hydrogens is 160 g/mol. The maximum atomic E-state index is 6.57. The monoisotopic (exact) mass is 182 g/mol. The molecule has 2 fully saturated rings. The van der Waals surface area contributed by atoms with Gasteiger partial charge >= 0.3 is 0 Å². The molecule has 2 aliphatic rings. The number of piperidine rings is 1. The molecule has 0 aromatic carbocycles. The molecule has 2 atom stereocenters. The van der Waals surface area contributed by atoms with Crippen LogP contribution >= 0.6 is 0 Å². The summed E-state index contributed by atoms with van der Waals surface area (Å²) in [6, 6.07) is 0. The molecule has 2 nitrogen and oxygen atoms in total. The Bertz CT molecular complexity index is 200. The molecule has 1 heterocycles. The second-order valence-corrected chi connectivity index (χ2v) is 5.22. The summed E-state index contributed by atoms with van der Waals surface area (Å²) in [6.07, 6.45) is 7.87. The number of likely N-dealkylation sites (tertiary alicyclic amines) is 1. The van der Waals surface area contributed by atoms with E-state index in [1.165, 1.54) is 45.1 Å². The van der Waals surface area contributed by atoms with Gasteiger partial charge in [0.15, 0.2) is 0 Å². The van der Waals surface area contributed by atoms with Gasteiger partial charge in [-0.05, 0) is 44.7 Å². The normalized spacial score (nSPS) is 47.3. The Morgan fingerprint density at radius 3 is 2.38 bits per heavy atom. The van der Waals surface area contributed by atoms with Crippen molar-refractivity contribution in [1.82, 2.24) is 4.90 Å². The van der Waals surface area contributed by atoms with Crippen LogP contribution in [-0.4, -0.2) is 24.2 Å². The smallest absolute Gasteiger partial charge is 0.0739 e. The molecular formula is C11H22N2. The van der Waals surface area contributed by atoms with Crippen molar-refractivity contribution in [1.29, 1.82) is 0 Å². The lowest BCUT2D eigenvalue weighted by molar-refractivity contribution is -0.0775. The van der Waals surface area contributed by atoms with E-state index in [1.807, 2.05) is 0 Å². The second kappa shape index (κ2) is 2.96. The second-order valence-electron chi connectivity index (χ2n) is 5.22. The number of rotatable bonds is 0. The van der Waals surface area contributed by atoms with Crippen LogP contribution in [0.25, 0.3) is 0 Å². The van der Waals surface area contributed by atoms with Gasteiger partial charge in [0.2, 0.25) is 0 Å². The van der Waals surface area contributed by atoms with E-state index in [0.717, 1.165) is 0 Å². The minimum absolute atomic E-state index is 0.00347. The zero-order valence-corrected chi connectivity index (χ0v) is 8.97. The summed E-state index contributed by atoms with van der Waals surface area (Å²) in [7, 11) is 2.20. The standard InChI is InChI=1S/C11H22N2/c1-10-6-3-4-8-11(10,12)13(2)9-5-7-10/h3-9,12H2,1-2H3. The van der Waals surface area contributed by atoms with Crippen LogP contribution in [0.5, 0.6) is 0 Å². The minimum Gasteiger partial charge on any atom is -0.313 e. The predicted octanol–water partition coefficient (Wildman–Crippen LogP) is 1.95. The summed E-state index contributed by atoms with van der Waals surface area (Å²) < 4.78 is 0. The molecule has 0 aromatic rings. The van der Waals surface area contributed by atoms with Crippen molar-refractivity contribution in [3.05, 3.63) is 0 Å². The Balaban J connectivity index is 2.27. The van der Waals surface area contributed by atoms with Gasteiger partial charge in [0.25, 0.3) is 0 Å². The van der Waals surface area contributed by atoms with Gasteiger partial charge in [0, 0.05) is 0 Å². The van der Waals surface area contributed by atoms with E-state index in [0.29, 0.717) is 5.41 Å². The third-order valence-electron chi connectivity index (χ3n) is 4.48. The lowest BCUT2D eigenvalue weighted by Gasteiger charge is -2.57. The summed E-state index contributed by atoms with van der Waals surface area (Å²) in [5, 5.41) is 0. The Morgan fingerprint density at radius 2 is 1.69 bits per heavy atom. The van der Waals surface area contributed by atoms with Crippen molar-refractivity contribution >= 4 is 0 Å². The summed E-state index contributed by atoms with van der Waals surface area (Å²) in [5.41, 5.74) is 6.96. The van der Waals surface area contributed by atoms with Crippen LogP contribution in [0.1, 0.15) is 45.4 Å². The molecule has 0 amide bonds. The topological polar surface area (TPSA) is 29.3 Å². The van der Waals surface area contributed by atoms with Gasteiger partial charge in [-0.2, -0.15) is 0 Å². The maximum Gasteiger partial charge on any atom is 0.0739 e. The summed E-state index contributed by atoms with van der Waals surface area (Å²) >= 11 is 0. The largest absolute Gasteiger partial charge is 0.313 e. The molecule has 2 heteroatoms. The molecule has 1 saturated heterocycles.